The second kappa shape index (κ2) is 13.3. The van der Waals surface area contributed by atoms with Crippen LogP contribution < -0.4 is 15.4 Å². The lowest BCUT2D eigenvalue weighted by molar-refractivity contribution is 0.301. The minimum atomic E-state index is 0. The third-order valence-electron chi connectivity index (χ3n) is 4.37. The summed E-state index contributed by atoms with van der Waals surface area (Å²) in [6, 6.07) is 13.8. The summed E-state index contributed by atoms with van der Waals surface area (Å²) < 4.78 is 5.79. The number of rotatable bonds is 9. The number of nitrogens with zero attached hydrogens (tertiary/aromatic N) is 3. The Morgan fingerprint density at radius 1 is 1.13 bits per heavy atom. The topological polar surface area (TPSA) is 71.4 Å². The summed E-state index contributed by atoms with van der Waals surface area (Å²) in [4.78, 5) is 13.6. The van der Waals surface area contributed by atoms with Crippen LogP contribution in [0.25, 0.3) is 0 Å². The average molecular weight is 551 g/mol. The van der Waals surface area contributed by atoms with Gasteiger partial charge in [-0.05, 0) is 42.7 Å². The molecule has 2 aromatic heterocycles. The van der Waals surface area contributed by atoms with Gasteiger partial charge in [0.05, 0.1) is 24.5 Å². The van der Waals surface area contributed by atoms with Crippen molar-refractivity contribution in [1.82, 2.24) is 20.6 Å². The third-order valence-corrected chi connectivity index (χ3v) is 5.24. The number of aliphatic imine (C=N–C) groups is 1. The molecule has 3 rings (SSSR count). The van der Waals surface area contributed by atoms with Gasteiger partial charge in [-0.2, -0.15) is 0 Å². The van der Waals surface area contributed by atoms with Gasteiger partial charge in [-0.3, -0.25) is 4.98 Å². The molecule has 0 saturated carbocycles. The fourth-order valence-electron chi connectivity index (χ4n) is 2.67. The van der Waals surface area contributed by atoms with Crippen LogP contribution in [0.2, 0.25) is 0 Å². The molecular formula is C23H30IN5OS. The summed E-state index contributed by atoms with van der Waals surface area (Å²) in [6.45, 7) is 8.91. The molecule has 0 radical (unpaired) electrons. The molecule has 31 heavy (non-hydrogen) atoms. The van der Waals surface area contributed by atoms with Crippen LogP contribution in [0.15, 0.2) is 59.0 Å². The quantitative estimate of drug-likeness (QED) is 0.220. The van der Waals surface area contributed by atoms with Crippen LogP contribution >= 0.6 is 35.3 Å². The van der Waals surface area contributed by atoms with Gasteiger partial charge in [0.25, 0.3) is 0 Å². The molecule has 0 unspecified atom stereocenters. The molecule has 0 aliphatic heterocycles. The van der Waals surface area contributed by atoms with E-state index in [2.05, 4.69) is 51.7 Å². The van der Waals surface area contributed by atoms with Crippen LogP contribution in [-0.2, 0) is 19.7 Å². The maximum atomic E-state index is 5.79. The van der Waals surface area contributed by atoms with Crippen molar-refractivity contribution < 1.29 is 4.74 Å². The van der Waals surface area contributed by atoms with Crippen LogP contribution in [0.5, 0.6) is 5.75 Å². The van der Waals surface area contributed by atoms with Crippen LogP contribution in [0, 0.1) is 0 Å². The number of guanidine groups is 1. The van der Waals surface area contributed by atoms with Crippen molar-refractivity contribution in [3.05, 3.63) is 76.0 Å². The molecule has 3 aromatic rings. The van der Waals surface area contributed by atoms with Crippen molar-refractivity contribution in [2.24, 2.45) is 4.99 Å². The van der Waals surface area contributed by atoms with Gasteiger partial charge in [0.1, 0.15) is 17.4 Å². The Hall–Kier alpha value is -2.20. The minimum absolute atomic E-state index is 0. The molecule has 0 fully saturated rings. The molecule has 1 aromatic carbocycles. The van der Waals surface area contributed by atoms with Crippen LogP contribution in [-0.4, -0.2) is 22.5 Å². The largest absolute Gasteiger partial charge is 0.487 e. The summed E-state index contributed by atoms with van der Waals surface area (Å²) in [7, 11) is 0. The van der Waals surface area contributed by atoms with E-state index < -0.39 is 0 Å². The Balaban J connectivity index is 0.00000341. The highest BCUT2D eigenvalue weighted by Gasteiger charge is 2.06. The highest BCUT2D eigenvalue weighted by Crippen LogP contribution is 2.17. The van der Waals surface area contributed by atoms with Crippen molar-refractivity contribution in [2.75, 3.05) is 6.54 Å². The molecule has 0 aliphatic rings. The first kappa shape index (κ1) is 25.1. The Morgan fingerprint density at radius 3 is 2.58 bits per heavy atom. The molecule has 8 heteroatoms. The number of pyridine rings is 1. The first-order valence-electron chi connectivity index (χ1n) is 10.2. The first-order valence-corrected chi connectivity index (χ1v) is 11.1. The highest BCUT2D eigenvalue weighted by molar-refractivity contribution is 14.0. The number of halogens is 1. The molecular weight excluding hydrogens is 521 g/mol. The molecule has 0 spiro atoms. The number of benzene rings is 1. The van der Waals surface area contributed by atoms with E-state index >= 15 is 0 Å². The van der Waals surface area contributed by atoms with E-state index in [1.165, 1.54) is 0 Å². The van der Waals surface area contributed by atoms with Gasteiger partial charge in [-0.15, -0.1) is 35.3 Å². The molecule has 0 saturated heterocycles. The van der Waals surface area contributed by atoms with E-state index in [0.717, 1.165) is 40.2 Å². The maximum Gasteiger partial charge on any atom is 0.191 e. The molecule has 0 aliphatic carbocycles. The fraction of sp³-hybridized carbons (Fsp3) is 0.348. The highest BCUT2D eigenvalue weighted by atomic mass is 127. The normalized spacial score (nSPS) is 11.2. The monoisotopic (exact) mass is 551 g/mol. The van der Waals surface area contributed by atoms with Crippen molar-refractivity contribution >= 4 is 41.3 Å². The third kappa shape index (κ3) is 8.45. The Morgan fingerprint density at radius 2 is 1.94 bits per heavy atom. The van der Waals surface area contributed by atoms with Gasteiger partial charge in [-0.25, -0.2) is 9.98 Å². The van der Waals surface area contributed by atoms with Crippen molar-refractivity contribution in [1.29, 1.82) is 0 Å². The van der Waals surface area contributed by atoms with Crippen LogP contribution in [0.3, 0.4) is 0 Å². The van der Waals surface area contributed by atoms with Gasteiger partial charge >= 0.3 is 0 Å². The van der Waals surface area contributed by atoms with Gasteiger partial charge < -0.3 is 15.4 Å². The first-order chi connectivity index (χ1) is 14.6. The lowest BCUT2D eigenvalue weighted by Gasteiger charge is -2.10. The number of aromatic nitrogens is 2. The van der Waals surface area contributed by atoms with Crippen molar-refractivity contribution in [2.45, 2.75) is 46.4 Å². The van der Waals surface area contributed by atoms with E-state index in [4.69, 9.17) is 4.74 Å². The van der Waals surface area contributed by atoms with E-state index in [1.807, 2.05) is 42.5 Å². The zero-order chi connectivity index (χ0) is 21.2. The molecule has 0 bridgehead atoms. The predicted octanol–water partition coefficient (Wildman–Crippen LogP) is 5.11. The van der Waals surface area contributed by atoms with Gasteiger partial charge in [-0.1, -0.05) is 32.0 Å². The Labute approximate surface area is 205 Å². The standard InChI is InChI=1S/C23H29N5OS.HI/c1-4-24-23(27-14-22-28-21(16-30-22)17(2)3)26-13-18-8-10-20(11-9-18)29-15-19-7-5-6-12-25-19;/h5-12,16-17H,4,13-15H2,1-3H3,(H2,24,26,27);1H. The van der Waals surface area contributed by atoms with E-state index in [9.17, 15) is 0 Å². The Bertz CT molecular complexity index is 929. The molecule has 166 valence electrons. The zero-order valence-corrected chi connectivity index (χ0v) is 21.3. The van der Waals surface area contributed by atoms with Gasteiger partial charge in [0.15, 0.2) is 5.96 Å². The van der Waals surface area contributed by atoms with E-state index in [0.29, 0.717) is 25.6 Å². The van der Waals surface area contributed by atoms with Gasteiger partial charge in [0.2, 0.25) is 0 Å². The number of thiazole rings is 1. The summed E-state index contributed by atoms with van der Waals surface area (Å²) in [5.74, 6) is 2.06. The predicted molar refractivity (Wildman–Crippen MR) is 138 cm³/mol. The summed E-state index contributed by atoms with van der Waals surface area (Å²) in [6.07, 6.45) is 1.77. The Kier molecular flexibility index (Phi) is 10.7. The number of hydrogen-bond donors (Lipinski definition) is 2. The molecule has 6 nitrogen and oxygen atoms in total. The number of ether oxygens (including phenoxy) is 1. The fourth-order valence-corrected chi connectivity index (χ4v) is 3.57. The van der Waals surface area contributed by atoms with E-state index in [1.54, 1.807) is 17.5 Å². The minimum Gasteiger partial charge on any atom is -0.487 e. The summed E-state index contributed by atoms with van der Waals surface area (Å²) in [5, 5.41) is 9.85. The van der Waals surface area contributed by atoms with Gasteiger partial charge in [0, 0.05) is 18.1 Å². The zero-order valence-electron chi connectivity index (χ0n) is 18.2. The lowest BCUT2D eigenvalue weighted by Crippen LogP contribution is -2.36. The number of hydrogen-bond acceptors (Lipinski definition) is 5. The average Bonchev–Trinajstić information content (AvgIpc) is 3.25. The smallest absolute Gasteiger partial charge is 0.191 e. The second-order valence-electron chi connectivity index (χ2n) is 7.12. The van der Waals surface area contributed by atoms with E-state index in [-0.39, 0.29) is 24.0 Å². The van der Waals surface area contributed by atoms with Crippen LogP contribution in [0.4, 0.5) is 0 Å². The number of nitrogens with one attached hydrogen (secondary N) is 2. The maximum absolute atomic E-state index is 5.79. The van der Waals surface area contributed by atoms with Crippen molar-refractivity contribution in [3.8, 4) is 5.75 Å². The van der Waals surface area contributed by atoms with Crippen molar-refractivity contribution in [3.63, 3.8) is 0 Å². The molecule has 0 amide bonds. The molecule has 2 heterocycles. The lowest BCUT2D eigenvalue weighted by atomic mass is 10.2. The molecule has 0 atom stereocenters. The van der Waals surface area contributed by atoms with Crippen LogP contribution in [0.1, 0.15) is 48.6 Å². The summed E-state index contributed by atoms with van der Waals surface area (Å²) in [5.41, 5.74) is 3.17. The second-order valence-corrected chi connectivity index (χ2v) is 8.07. The molecule has 2 N–H and O–H groups in total. The summed E-state index contributed by atoms with van der Waals surface area (Å²) >= 11 is 1.68. The SMILES string of the molecule is CCNC(=NCc1ccc(OCc2ccccn2)cc1)NCc1nc(C(C)C)cs1.I.